The smallest absolute Gasteiger partial charge is 0.152 e. The van der Waals surface area contributed by atoms with Crippen molar-refractivity contribution in [2.24, 2.45) is 5.11 Å². The SMILES string of the molecule is [N-]=[N+]=N/C(C=O)=C\c1ccc(Cc2ccc(I)cc2)s1. The van der Waals surface area contributed by atoms with Gasteiger partial charge in [0, 0.05) is 24.7 Å². The molecule has 1 aromatic heterocycles. The molecule has 2 aromatic rings. The van der Waals surface area contributed by atoms with Gasteiger partial charge in [-0.15, -0.1) is 11.3 Å². The quantitative estimate of drug-likeness (QED) is 0.179. The minimum atomic E-state index is 0.0927. The van der Waals surface area contributed by atoms with Gasteiger partial charge in [0.05, 0.1) is 5.70 Å². The highest BCUT2D eigenvalue weighted by molar-refractivity contribution is 14.1. The number of hydrogen-bond donors (Lipinski definition) is 0. The summed E-state index contributed by atoms with van der Waals surface area (Å²) in [4.78, 5) is 15.4. The molecule has 1 aromatic carbocycles. The Balaban J connectivity index is 2.14. The molecule has 6 heteroatoms. The van der Waals surface area contributed by atoms with E-state index in [1.54, 1.807) is 17.4 Å². The first-order valence-electron chi connectivity index (χ1n) is 5.76. The summed E-state index contributed by atoms with van der Waals surface area (Å²) in [7, 11) is 0. The van der Waals surface area contributed by atoms with Crippen LogP contribution < -0.4 is 0 Å². The predicted molar refractivity (Wildman–Crippen MR) is 89.5 cm³/mol. The lowest BCUT2D eigenvalue weighted by Crippen LogP contribution is -1.83. The number of benzene rings is 1. The molecule has 1 heterocycles. The number of carbonyl (C=O) groups is 1. The maximum atomic E-state index is 10.7. The summed E-state index contributed by atoms with van der Waals surface area (Å²) in [5.74, 6) is 0. The van der Waals surface area contributed by atoms with E-state index in [1.807, 2.05) is 12.1 Å². The van der Waals surface area contributed by atoms with Crippen LogP contribution in [-0.4, -0.2) is 6.29 Å². The van der Waals surface area contributed by atoms with Crippen LogP contribution in [0.2, 0.25) is 0 Å². The number of thiophene rings is 1. The third kappa shape index (κ3) is 4.19. The third-order valence-corrected chi connectivity index (χ3v) is 4.30. The monoisotopic (exact) mass is 395 g/mol. The molecule has 0 unspecified atom stereocenters. The van der Waals surface area contributed by atoms with Crippen molar-refractivity contribution >= 4 is 46.3 Å². The number of aldehydes is 1. The number of halogens is 1. The summed E-state index contributed by atoms with van der Waals surface area (Å²) in [6.45, 7) is 0. The molecule has 0 amide bonds. The summed E-state index contributed by atoms with van der Waals surface area (Å²) >= 11 is 3.86. The van der Waals surface area contributed by atoms with Gasteiger partial charge in [-0.2, -0.15) is 0 Å². The average molecular weight is 395 g/mol. The van der Waals surface area contributed by atoms with E-state index < -0.39 is 0 Å². The van der Waals surface area contributed by atoms with E-state index in [2.05, 4.69) is 56.9 Å². The summed E-state index contributed by atoms with van der Waals surface area (Å²) in [5, 5.41) is 3.32. The normalized spacial score (nSPS) is 10.9. The Morgan fingerprint density at radius 1 is 1.30 bits per heavy atom. The van der Waals surface area contributed by atoms with Gasteiger partial charge in [-0.1, -0.05) is 17.2 Å². The first kappa shape index (κ1) is 14.8. The van der Waals surface area contributed by atoms with Gasteiger partial charge in [0.25, 0.3) is 0 Å². The van der Waals surface area contributed by atoms with Gasteiger partial charge in [0.1, 0.15) is 0 Å². The zero-order chi connectivity index (χ0) is 14.4. The van der Waals surface area contributed by atoms with Gasteiger partial charge in [-0.3, -0.25) is 4.79 Å². The maximum absolute atomic E-state index is 10.7. The van der Waals surface area contributed by atoms with Crippen LogP contribution in [0.5, 0.6) is 0 Å². The molecule has 4 nitrogen and oxygen atoms in total. The molecule has 2 rings (SSSR count). The molecule has 0 atom stereocenters. The first-order chi connectivity index (χ1) is 9.71. The topological polar surface area (TPSA) is 65.8 Å². The van der Waals surface area contributed by atoms with E-state index in [1.165, 1.54) is 14.0 Å². The van der Waals surface area contributed by atoms with E-state index in [0.29, 0.717) is 6.29 Å². The van der Waals surface area contributed by atoms with Crippen LogP contribution in [0.1, 0.15) is 15.3 Å². The van der Waals surface area contributed by atoms with Crippen molar-refractivity contribution < 1.29 is 4.79 Å². The largest absolute Gasteiger partial charge is 0.298 e. The molecule has 0 aliphatic carbocycles. The minimum Gasteiger partial charge on any atom is -0.298 e. The molecule has 0 radical (unpaired) electrons. The van der Waals surface area contributed by atoms with Crippen LogP contribution in [0.25, 0.3) is 16.5 Å². The minimum absolute atomic E-state index is 0.0927. The fourth-order valence-electron chi connectivity index (χ4n) is 1.65. The van der Waals surface area contributed by atoms with Gasteiger partial charge in [0.2, 0.25) is 0 Å². The molecular formula is C14H10IN3OS. The maximum Gasteiger partial charge on any atom is 0.152 e. The van der Waals surface area contributed by atoms with Crippen molar-refractivity contribution in [1.29, 1.82) is 0 Å². The molecule has 0 aliphatic heterocycles. The summed E-state index contributed by atoms with van der Waals surface area (Å²) < 4.78 is 1.21. The van der Waals surface area contributed by atoms with E-state index in [4.69, 9.17) is 5.53 Å². The van der Waals surface area contributed by atoms with Crippen LogP contribution in [0.3, 0.4) is 0 Å². The van der Waals surface area contributed by atoms with E-state index in [0.717, 1.165) is 11.3 Å². The highest BCUT2D eigenvalue weighted by atomic mass is 127. The molecule has 0 aliphatic rings. The van der Waals surface area contributed by atoms with Crippen molar-refractivity contribution in [2.45, 2.75) is 6.42 Å². The highest BCUT2D eigenvalue weighted by Crippen LogP contribution is 2.22. The van der Waals surface area contributed by atoms with Crippen LogP contribution in [0.15, 0.2) is 47.2 Å². The standard InChI is InChI=1S/C14H10IN3OS/c15-11-3-1-10(2-4-11)7-13-5-6-14(20-13)8-12(9-19)17-18-16/h1-6,8-9H,7H2/b12-8-. The fourth-order valence-corrected chi connectivity index (χ4v) is 3.01. The van der Waals surface area contributed by atoms with Crippen LogP contribution in [-0.2, 0) is 11.2 Å². The first-order valence-corrected chi connectivity index (χ1v) is 7.66. The summed E-state index contributed by atoms with van der Waals surface area (Å²) in [6, 6.07) is 12.3. The number of hydrogen-bond acceptors (Lipinski definition) is 3. The Morgan fingerprint density at radius 3 is 2.70 bits per heavy atom. The molecule has 0 N–H and O–H groups in total. The molecule has 20 heavy (non-hydrogen) atoms. The molecular weight excluding hydrogens is 385 g/mol. The lowest BCUT2D eigenvalue weighted by Gasteiger charge is -1.98. The number of azide groups is 1. The van der Waals surface area contributed by atoms with Crippen molar-refractivity contribution in [3.63, 3.8) is 0 Å². The van der Waals surface area contributed by atoms with E-state index in [-0.39, 0.29) is 5.70 Å². The Morgan fingerprint density at radius 2 is 2.05 bits per heavy atom. The van der Waals surface area contributed by atoms with Crippen LogP contribution in [0, 0.1) is 3.57 Å². The number of rotatable bonds is 5. The lowest BCUT2D eigenvalue weighted by atomic mass is 10.1. The number of carbonyl (C=O) groups excluding carboxylic acids is 1. The van der Waals surface area contributed by atoms with Gasteiger partial charge in [-0.05, 0) is 64.0 Å². The second-order valence-electron chi connectivity index (χ2n) is 3.98. The van der Waals surface area contributed by atoms with E-state index >= 15 is 0 Å². The Hall–Kier alpha value is -1.63. The van der Waals surface area contributed by atoms with Gasteiger partial charge >= 0.3 is 0 Å². The Kier molecular flexibility index (Phi) is 5.34. The van der Waals surface area contributed by atoms with Crippen molar-refractivity contribution in [3.05, 3.63) is 71.4 Å². The average Bonchev–Trinajstić information content (AvgIpc) is 2.88. The third-order valence-electron chi connectivity index (χ3n) is 2.55. The van der Waals surface area contributed by atoms with Crippen molar-refractivity contribution in [1.82, 2.24) is 0 Å². The summed E-state index contributed by atoms with van der Waals surface area (Å²) in [5.41, 5.74) is 9.67. The molecule has 0 fully saturated rings. The Labute approximate surface area is 133 Å². The molecule has 0 saturated carbocycles. The van der Waals surface area contributed by atoms with Crippen LogP contribution >= 0.6 is 33.9 Å². The molecule has 0 spiro atoms. The second-order valence-corrected chi connectivity index (χ2v) is 6.43. The lowest BCUT2D eigenvalue weighted by molar-refractivity contribution is -0.104. The zero-order valence-corrected chi connectivity index (χ0v) is 13.3. The zero-order valence-electron chi connectivity index (χ0n) is 10.4. The van der Waals surface area contributed by atoms with Gasteiger partial charge < -0.3 is 0 Å². The molecule has 0 saturated heterocycles. The molecule has 0 bridgehead atoms. The van der Waals surface area contributed by atoms with Crippen molar-refractivity contribution in [2.75, 3.05) is 0 Å². The van der Waals surface area contributed by atoms with E-state index in [9.17, 15) is 4.79 Å². The predicted octanol–water partition coefficient (Wildman–Crippen LogP) is 4.79. The summed E-state index contributed by atoms with van der Waals surface area (Å²) in [6.07, 6.45) is 3.00. The fraction of sp³-hybridized carbons (Fsp3) is 0.0714. The highest BCUT2D eigenvalue weighted by Gasteiger charge is 2.01. The second kappa shape index (κ2) is 7.23. The number of nitrogens with zero attached hydrogens (tertiary/aromatic N) is 3. The molecule has 100 valence electrons. The van der Waals surface area contributed by atoms with Gasteiger partial charge in [-0.25, -0.2) is 0 Å². The number of allylic oxidation sites excluding steroid dienone is 1. The Bertz CT molecular complexity index is 685. The van der Waals surface area contributed by atoms with Crippen LogP contribution in [0.4, 0.5) is 0 Å². The van der Waals surface area contributed by atoms with Gasteiger partial charge in [0.15, 0.2) is 6.29 Å². The van der Waals surface area contributed by atoms with Crippen molar-refractivity contribution in [3.8, 4) is 0 Å².